The van der Waals surface area contributed by atoms with E-state index in [0.29, 0.717) is 18.0 Å². The number of aryl methyl sites for hydroxylation is 1. The second-order valence-electron chi connectivity index (χ2n) is 4.71. The minimum atomic E-state index is -0.838. The second kappa shape index (κ2) is 6.01. The van der Waals surface area contributed by atoms with E-state index in [1.165, 1.54) is 11.3 Å². The molecule has 0 aromatic carbocycles. The number of rotatable bonds is 3. The summed E-state index contributed by atoms with van der Waals surface area (Å²) >= 11 is 1.39. The van der Waals surface area contributed by atoms with Gasteiger partial charge in [-0.05, 0) is 19.8 Å². The molecule has 7 heteroatoms. The Balaban J connectivity index is 1.91. The molecule has 0 aliphatic heterocycles. The van der Waals surface area contributed by atoms with Gasteiger partial charge in [0.15, 0.2) is 5.13 Å². The van der Waals surface area contributed by atoms with Crippen LogP contribution in [0.15, 0.2) is 6.20 Å². The zero-order valence-electron chi connectivity index (χ0n) is 10.7. The number of thiazole rings is 1. The Labute approximate surface area is 115 Å². The van der Waals surface area contributed by atoms with Gasteiger partial charge in [-0.15, -0.1) is 11.3 Å². The Hall–Kier alpha value is -1.63. The van der Waals surface area contributed by atoms with Crippen molar-refractivity contribution in [3.05, 3.63) is 11.1 Å². The molecule has 1 heterocycles. The van der Waals surface area contributed by atoms with Crippen molar-refractivity contribution in [2.45, 2.75) is 38.6 Å². The largest absolute Gasteiger partial charge is 0.481 e. The van der Waals surface area contributed by atoms with Crippen LogP contribution >= 0.6 is 11.3 Å². The summed E-state index contributed by atoms with van der Waals surface area (Å²) in [5, 5.41) is 15.0. The Morgan fingerprint density at radius 2 is 2.16 bits per heavy atom. The summed E-state index contributed by atoms with van der Waals surface area (Å²) in [5.74, 6) is -1.33. The van der Waals surface area contributed by atoms with E-state index in [-0.39, 0.29) is 12.1 Å². The molecule has 1 saturated carbocycles. The predicted molar refractivity (Wildman–Crippen MR) is 72.4 cm³/mol. The first-order chi connectivity index (χ1) is 9.06. The third kappa shape index (κ3) is 3.66. The molecule has 0 radical (unpaired) electrons. The smallest absolute Gasteiger partial charge is 0.321 e. The van der Waals surface area contributed by atoms with Gasteiger partial charge in [0, 0.05) is 17.1 Å². The Morgan fingerprint density at radius 1 is 1.42 bits per heavy atom. The summed E-state index contributed by atoms with van der Waals surface area (Å²) in [5.41, 5.74) is 0. The molecule has 0 spiro atoms. The van der Waals surface area contributed by atoms with Gasteiger partial charge >= 0.3 is 12.0 Å². The fraction of sp³-hybridized carbons (Fsp3) is 0.583. The molecule has 2 atom stereocenters. The number of carbonyl (C=O) groups excluding carboxylic acids is 1. The molecule has 0 bridgehead atoms. The van der Waals surface area contributed by atoms with Crippen LogP contribution in [0.3, 0.4) is 0 Å². The van der Waals surface area contributed by atoms with Crippen LogP contribution in [-0.2, 0) is 4.79 Å². The van der Waals surface area contributed by atoms with E-state index in [2.05, 4.69) is 15.6 Å². The van der Waals surface area contributed by atoms with E-state index in [4.69, 9.17) is 5.11 Å². The number of nitrogens with zero attached hydrogens (tertiary/aromatic N) is 1. The molecule has 0 saturated heterocycles. The van der Waals surface area contributed by atoms with Crippen LogP contribution in [-0.4, -0.2) is 28.1 Å². The zero-order chi connectivity index (χ0) is 13.8. The Kier molecular flexibility index (Phi) is 4.36. The molecule has 1 aliphatic rings. The third-order valence-electron chi connectivity index (χ3n) is 3.24. The average molecular weight is 283 g/mol. The lowest BCUT2D eigenvalue weighted by Crippen LogP contribution is -2.46. The number of hydrogen-bond donors (Lipinski definition) is 3. The molecule has 3 N–H and O–H groups in total. The average Bonchev–Trinajstić information content (AvgIpc) is 2.75. The van der Waals surface area contributed by atoms with Crippen molar-refractivity contribution in [3.8, 4) is 0 Å². The monoisotopic (exact) mass is 283 g/mol. The zero-order valence-corrected chi connectivity index (χ0v) is 11.5. The maximum atomic E-state index is 11.8. The van der Waals surface area contributed by atoms with E-state index in [1.54, 1.807) is 6.20 Å². The summed E-state index contributed by atoms with van der Waals surface area (Å²) in [6, 6.07) is -0.681. The minimum Gasteiger partial charge on any atom is -0.481 e. The molecule has 1 fully saturated rings. The lowest BCUT2D eigenvalue weighted by molar-refractivity contribution is -0.143. The quantitative estimate of drug-likeness (QED) is 0.793. The molecule has 1 aromatic heterocycles. The van der Waals surface area contributed by atoms with Gasteiger partial charge in [-0.25, -0.2) is 9.78 Å². The van der Waals surface area contributed by atoms with E-state index in [0.717, 1.165) is 17.7 Å². The molecule has 2 amide bonds. The molecule has 1 aliphatic carbocycles. The number of hydrogen-bond acceptors (Lipinski definition) is 4. The third-order valence-corrected chi connectivity index (χ3v) is 4.07. The van der Waals surface area contributed by atoms with E-state index in [9.17, 15) is 9.59 Å². The van der Waals surface area contributed by atoms with Gasteiger partial charge in [0.05, 0.1) is 5.92 Å². The number of carbonyl (C=O) groups is 2. The van der Waals surface area contributed by atoms with Crippen molar-refractivity contribution in [2.24, 2.45) is 5.92 Å². The van der Waals surface area contributed by atoms with E-state index >= 15 is 0 Å². The standard InChI is InChI=1S/C12H17N3O3S/c1-7-6-13-12(19-7)15-11(18)14-9-5-3-2-4-8(9)10(16)17/h6,8-9H,2-5H2,1H3,(H,16,17)(H2,13,14,15,18). The number of anilines is 1. The van der Waals surface area contributed by atoms with Crippen LogP contribution in [0, 0.1) is 12.8 Å². The summed E-state index contributed by atoms with van der Waals surface area (Å²) in [4.78, 5) is 28.0. The number of aromatic nitrogens is 1. The number of nitrogens with one attached hydrogen (secondary N) is 2. The van der Waals surface area contributed by atoms with Crippen molar-refractivity contribution in [3.63, 3.8) is 0 Å². The van der Waals surface area contributed by atoms with Gasteiger partial charge < -0.3 is 10.4 Å². The van der Waals surface area contributed by atoms with Crippen molar-refractivity contribution in [1.29, 1.82) is 0 Å². The van der Waals surface area contributed by atoms with Gasteiger partial charge in [-0.1, -0.05) is 12.8 Å². The highest BCUT2D eigenvalue weighted by Gasteiger charge is 2.31. The lowest BCUT2D eigenvalue weighted by atomic mass is 9.84. The Morgan fingerprint density at radius 3 is 2.79 bits per heavy atom. The molecule has 6 nitrogen and oxygen atoms in total. The number of aliphatic carboxylic acids is 1. The second-order valence-corrected chi connectivity index (χ2v) is 5.94. The summed E-state index contributed by atoms with van der Waals surface area (Å²) in [6.45, 7) is 1.91. The lowest BCUT2D eigenvalue weighted by Gasteiger charge is -2.29. The van der Waals surface area contributed by atoms with Crippen LogP contribution in [0.1, 0.15) is 30.6 Å². The molecule has 19 heavy (non-hydrogen) atoms. The summed E-state index contributed by atoms with van der Waals surface area (Å²) in [6.07, 6.45) is 4.87. The number of carboxylic acids is 1. The van der Waals surface area contributed by atoms with Gasteiger partial charge in [-0.3, -0.25) is 10.1 Å². The minimum absolute atomic E-state index is 0.299. The van der Waals surface area contributed by atoms with Gasteiger partial charge in [0.25, 0.3) is 0 Å². The number of amides is 2. The van der Waals surface area contributed by atoms with Crippen molar-refractivity contribution >= 4 is 28.5 Å². The van der Waals surface area contributed by atoms with Gasteiger partial charge in [-0.2, -0.15) is 0 Å². The molecule has 104 valence electrons. The molecule has 2 rings (SSSR count). The van der Waals surface area contributed by atoms with Crippen LogP contribution in [0.2, 0.25) is 0 Å². The Bertz CT molecular complexity index is 475. The van der Waals surface area contributed by atoms with Crippen LogP contribution in [0.25, 0.3) is 0 Å². The predicted octanol–water partition coefficient (Wildman–Crippen LogP) is 2.22. The highest BCUT2D eigenvalue weighted by molar-refractivity contribution is 7.15. The molecular weight excluding hydrogens is 266 g/mol. The summed E-state index contributed by atoms with van der Waals surface area (Å²) < 4.78 is 0. The highest BCUT2D eigenvalue weighted by atomic mass is 32.1. The summed E-state index contributed by atoms with van der Waals surface area (Å²) in [7, 11) is 0. The first kappa shape index (κ1) is 13.8. The normalized spacial score (nSPS) is 22.8. The van der Waals surface area contributed by atoms with Crippen LogP contribution < -0.4 is 10.6 Å². The SMILES string of the molecule is Cc1cnc(NC(=O)NC2CCCCC2C(=O)O)s1. The first-order valence-electron chi connectivity index (χ1n) is 6.29. The van der Waals surface area contributed by atoms with E-state index in [1.807, 2.05) is 6.92 Å². The maximum Gasteiger partial charge on any atom is 0.321 e. The van der Waals surface area contributed by atoms with Crippen molar-refractivity contribution in [1.82, 2.24) is 10.3 Å². The molecule has 2 unspecified atom stereocenters. The van der Waals surface area contributed by atoms with Gasteiger partial charge in [0.2, 0.25) is 0 Å². The maximum absolute atomic E-state index is 11.8. The van der Waals surface area contributed by atoms with Crippen molar-refractivity contribution < 1.29 is 14.7 Å². The number of carboxylic acid groups (broad SMARTS) is 1. The molecule has 1 aromatic rings. The first-order valence-corrected chi connectivity index (χ1v) is 7.10. The number of urea groups is 1. The van der Waals surface area contributed by atoms with Crippen molar-refractivity contribution in [2.75, 3.05) is 5.32 Å². The fourth-order valence-electron chi connectivity index (χ4n) is 2.31. The fourth-order valence-corrected chi connectivity index (χ4v) is 2.97. The topological polar surface area (TPSA) is 91.3 Å². The van der Waals surface area contributed by atoms with Gasteiger partial charge in [0.1, 0.15) is 0 Å². The molecular formula is C12H17N3O3S. The van der Waals surface area contributed by atoms with Crippen LogP contribution in [0.4, 0.5) is 9.93 Å². The highest BCUT2D eigenvalue weighted by Crippen LogP contribution is 2.25. The van der Waals surface area contributed by atoms with E-state index < -0.39 is 11.9 Å². The van der Waals surface area contributed by atoms with Crippen LogP contribution in [0.5, 0.6) is 0 Å².